The van der Waals surface area contributed by atoms with Gasteiger partial charge < -0.3 is 0 Å². The molecule has 1 atom stereocenters. The molecule has 5 heteroatoms. The summed E-state index contributed by atoms with van der Waals surface area (Å²) < 4.78 is 0.574. The molecule has 1 aromatic rings. The maximum Gasteiger partial charge on any atom is 0.252 e. The zero-order valence-corrected chi connectivity index (χ0v) is 11.7. The average Bonchev–Trinajstić information content (AvgIpc) is 2.16. The molecule has 1 unspecified atom stereocenters. The van der Waals surface area contributed by atoms with Crippen LogP contribution in [0.4, 0.5) is 0 Å². The number of halogens is 3. The molecule has 0 aliphatic rings. The second kappa shape index (κ2) is 5.23. The van der Waals surface area contributed by atoms with E-state index in [1.165, 1.54) is 12.1 Å². The van der Waals surface area contributed by atoms with Crippen LogP contribution in [-0.2, 0) is 0 Å². The predicted octanol–water partition coefficient (Wildman–Crippen LogP) is 3.79. The van der Waals surface area contributed by atoms with Gasteiger partial charge in [-0.25, -0.2) is 0 Å². The summed E-state index contributed by atoms with van der Waals surface area (Å²) in [5.74, 6) is -0.0459. The lowest BCUT2D eigenvalue weighted by Gasteiger charge is -2.06. The number of hydrogen-bond acceptors (Lipinski definition) is 2. The monoisotopic (exact) mass is 352 g/mol. The van der Waals surface area contributed by atoms with Crippen LogP contribution in [0.3, 0.4) is 0 Å². The molecule has 0 N–H and O–H groups in total. The molecule has 0 fully saturated rings. The highest BCUT2D eigenvalue weighted by molar-refractivity contribution is 9.10. The van der Waals surface area contributed by atoms with Crippen LogP contribution in [0.2, 0.25) is 0 Å². The Balaban J connectivity index is 3.14. The first-order valence-corrected chi connectivity index (χ1v) is 6.20. The number of Topliss-reactive ketones (excluding diaryl/α,β-unsaturated/α-hetero) is 1. The van der Waals surface area contributed by atoms with Crippen molar-refractivity contribution in [3.05, 3.63) is 33.8 Å². The second-order valence-electron chi connectivity index (χ2n) is 2.95. The molecule has 0 bridgehead atoms. The van der Waals surface area contributed by atoms with E-state index < -0.39 is 5.24 Å². The van der Waals surface area contributed by atoms with Gasteiger partial charge in [0, 0.05) is 15.6 Å². The quantitative estimate of drug-likeness (QED) is 0.470. The van der Waals surface area contributed by atoms with Crippen LogP contribution < -0.4 is 0 Å². The van der Waals surface area contributed by atoms with Crippen LogP contribution >= 0.6 is 43.5 Å². The van der Waals surface area contributed by atoms with Crippen molar-refractivity contribution in [2.45, 2.75) is 11.8 Å². The first-order valence-electron chi connectivity index (χ1n) is 4.11. The van der Waals surface area contributed by atoms with E-state index in [0.717, 1.165) is 0 Å². The van der Waals surface area contributed by atoms with Crippen LogP contribution in [0.15, 0.2) is 22.7 Å². The molecule has 0 amide bonds. The molecule has 15 heavy (non-hydrogen) atoms. The van der Waals surface area contributed by atoms with E-state index in [-0.39, 0.29) is 10.6 Å². The normalized spacial score (nSPS) is 12.3. The summed E-state index contributed by atoms with van der Waals surface area (Å²) in [6, 6.07) is 4.65. The van der Waals surface area contributed by atoms with Gasteiger partial charge in [-0.2, -0.15) is 0 Å². The van der Waals surface area contributed by atoms with E-state index in [4.69, 9.17) is 11.6 Å². The summed E-state index contributed by atoms with van der Waals surface area (Å²) in [5.41, 5.74) is 0.892. The zero-order chi connectivity index (χ0) is 11.6. The fraction of sp³-hybridized carbons (Fsp3) is 0.200. The Kier molecular flexibility index (Phi) is 4.49. The number of hydrogen-bond donors (Lipinski definition) is 0. The Hall–Kier alpha value is -0.190. The van der Waals surface area contributed by atoms with Crippen molar-refractivity contribution >= 4 is 54.5 Å². The van der Waals surface area contributed by atoms with Gasteiger partial charge in [0.05, 0.1) is 4.83 Å². The van der Waals surface area contributed by atoms with Crippen molar-refractivity contribution in [1.82, 2.24) is 0 Å². The molecular formula is C10H7Br2ClO2. The van der Waals surface area contributed by atoms with Gasteiger partial charge in [-0.05, 0) is 36.7 Å². The van der Waals surface area contributed by atoms with E-state index in [0.29, 0.717) is 15.6 Å². The molecule has 0 spiro atoms. The van der Waals surface area contributed by atoms with E-state index >= 15 is 0 Å². The highest BCUT2D eigenvalue weighted by Crippen LogP contribution is 2.22. The third-order valence-electron chi connectivity index (χ3n) is 1.82. The molecule has 0 saturated carbocycles. The minimum absolute atomic E-state index is 0.0459. The molecule has 1 aromatic carbocycles. The molecule has 0 saturated heterocycles. The van der Waals surface area contributed by atoms with Crippen molar-refractivity contribution in [3.63, 3.8) is 0 Å². The molecule has 1 rings (SSSR count). The van der Waals surface area contributed by atoms with Crippen molar-refractivity contribution in [2.24, 2.45) is 0 Å². The van der Waals surface area contributed by atoms with E-state index in [9.17, 15) is 9.59 Å². The largest absolute Gasteiger partial charge is 0.293 e. The number of ketones is 1. The minimum atomic E-state index is -0.540. The predicted molar refractivity (Wildman–Crippen MR) is 67.0 cm³/mol. The fourth-order valence-electron chi connectivity index (χ4n) is 1.05. The van der Waals surface area contributed by atoms with Gasteiger partial charge in [-0.15, -0.1) is 0 Å². The summed E-state index contributed by atoms with van der Waals surface area (Å²) in [6.07, 6.45) is 0. The Morgan fingerprint density at radius 3 is 2.40 bits per heavy atom. The number of alkyl halides is 1. The van der Waals surface area contributed by atoms with Crippen LogP contribution in [0.1, 0.15) is 27.6 Å². The number of benzene rings is 1. The molecule has 80 valence electrons. The zero-order valence-electron chi connectivity index (χ0n) is 7.76. The first-order chi connectivity index (χ1) is 6.93. The van der Waals surface area contributed by atoms with Gasteiger partial charge in [-0.3, -0.25) is 9.59 Å². The van der Waals surface area contributed by atoms with Crippen molar-refractivity contribution in [2.75, 3.05) is 0 Å². The Morgan fingerprint density at radius 2 is 2.00 bits per heavy atom. The minimum Gasteiger partial charge on any atom is -0.293 e. The average molecular weight is 354 g/mol. The van der Waals surface area contributed by atoms with Gasteiger partial charge in [0.2, 0.25) is 0 Å². The third-order valence-corrected chi connectivity index (χ3v) is 3.11. The SMILES string of the molecule is CC(Br)C(=O)c1ccc(C(=O)Cl)cc1Br. The standard InChI is InChI=1S/C10H7Br2ClO2/c1-5(11)9(14)7-3-2-6(10(13)15)4-8(7)12/h2-5H,1H3. The molecule has 0 aromatic heterocycles. The van der Waals surface area contributed by atoms with E-state index in [2.05, 4.69) is 31.9 Å². The number of rotatable bonds is 3. The molecule has 2 nitrogen and oxygen atoms in total. The summed E-state index contributed by atoms with van der Waals surface area (Å²) in [7, 11) is 0. The van der Waals surface area contributed by atoms with Crippen LogP contribution in [-0.4, -0.2) is 15.9 Å². The van der Waals surface area contributed by atoms with Gasteiger partial charge in [0.25, 0.3) is 5.24 Å². The lowest BCUT2D eigenvalue weighted by atomic mass is 10.1. The lowest BCUT2D eigenvalue weighted by molar-refractivity contribution is 0.0993. The van der Waals surface area contributed by atoms with Gasteiger partial charge in [-0.1, -0.05) is 31.9 Å². The summed E-state index contributed by atoms with van der Waals surface area (Å²) in [4.78, 5) is 22.3. The molecule has 0 radical (unpaired) electrons. The summed E-state index contributed by atoms with van der Waals surface area (Å²) >= 11 is 11.7. The molecule has 0 heterocycles. The Labute approximate surface area is 109 Å². The number of carbonyl (C=O) groups excluding carboxylic acids is 2. The first kappa shape index (κ1) is 12.9. The van der Waals surface area contributed by atoms with E-state index in [1.807, 2.05) is 0 Å². The van der Waals surface area contributed by atoms with Crippen LogP contribution in [0.5, 0.6) is 0 Å². The summed E-state index contributed by atoms with van der Waals surface area (Å²) in [5, 5.41) is -0.540. The molecular weight excluding hydrogens is 347 g/mol. The van der Waals surface area contributed by atoms with Gasteiger partial charge in [0.1, 0.15) is 0 Å². The second-order valence-corrected chi connectivity index (χ2v) is 5.52. The van der Waals surface area contributed by atoms with E-state index in [1.54, 1.807) is 13.0 Å². The number of carbonyl (C=O) groups is 2. The Bertz CT molecular complexity index is 416. The maximum atomic E-state index is 11.7. The van der Waals surface area contributed by atoms with Gasteiger partial charge >= 0.3 is 0 Å². The maximum absolute atomic E-state index is 11.7. The molecule has 0 aliphatic heterocycles. The van der Waals surface area contributed by atoms with Crippen molar-refractivity contribution in [1.29, 1.82) is 0 Å². The topological polar surface area (TPSA) is 34.1 Å². The highest BCUT2D eigenvalue weighted by atomic mass is 79.9. The lowest BCUT2D eigenvalue weighted by Crippen LogP contribution is -2.11. The van der Waals surface area contributed by atoms with Gasteiger partial charge in [0.15, 0.2) is 5.78 Å². The molecule has 0 aliphatic carbocycles. The van der Waals surface area contributed by atoms with Crippen LogP contribution in [0.25, 0.3) is 0 Å². The van der Waals surface area contributed by atoms with Crippen LogP contribution in [0, 0.1) is 0 Å². The Morgan fingerprint density at radius 1 is 1.40 bits per heavy atom. The third kappa shape index (κ3) is 3.13. The fourth-order valence-corrected chi connectivity index (χ4v) is 1.99. The summed E-state index contributed by atoms with van der Waals surface area (Å²) in [6.45, 7) is 1.75. The van der Waals surface area contributed by atoms with Crippen molar-refractivity contribution < 1.29 is 9.59 Å². The smallest absolute Gasteiger partial charge is 0.252 e. The highest BCUT2D eigenvalue weighted by Gasteiger charge is 2.16. The van der Waals surface area contributed by atoms with Crippen molar-refractivity contribution in [3.8, 4) is 0 Å².